The smallest absolute Gasteiger partial charge is 0.341 e. The molecule has 1 aliphatic carbocycles. The summed E-state index contributed by atoms with van der Waals surface area (Å²) in [4.78, 5) is 39.0. The summed E-state index contributed by atoms with van der Waals surface area (Å²) in [6, 6.07) is 6.99. The van der Waals surface area contributed by atoms with Gasteiger partial charge in [0.05, 0.1) is 18.2 Å². The van der Waals surface area contributed by atoms with Crippen LogP contribution in [0.3, 0.4) is 0 Å². The van der Waals surface area contributed by atoms with Gasteiger partial charge in [0, 0.05) is 17.3 Å². The van der Waals surface area contributed by atoms with E-state index < -0.39 is 17.3 Å². The molecule has 1 aromatic carbocycles. The summed E-state index contributed by atoms with van der Waals surface area (Å²) in [5, 5.41) is 7.73. The largest absolute Gasteiger partial charge is 0.465 e. The Balaban J connectivity index is 1.77. The highest BCUT2D eigenvalue weighted by molar-refractivity contribution is 7.17. The zero-order valence-electron chi connectivity index (χ0n) is 15.6. The highest BCUT2D eigenvalue weighted by Gasteiger charge is 2.28. The van der Waals surface area contributed by atoms with Crippen molar-refractivity contribution in [1.82, 2.24) is 9.78 Å². The van der Waals surface area contributed by atoms with Crippen molar-refractivity contribution in [3.63, 3.8) is 0 Å². The molecule has 7 nitrogen and oxygen atoms in total. The number of hydrogen-bond acceptors (Lipinski definition) is 6. The first-order valence-electron chi connectivity index (χ1n) is 9.01. The number of esters is 1. The zero-order chi connectivity index (χ0) is 19.8. The van der Waals surface area contributed by atoms with Crippen LogP contribution < -0.4 is 10.7 Å². The number of rotatable bonds is 3. The number of aromatic nitrogens is 2. The van der Waals surface area contributed by atoms with Crippen LogP contribution in [0.2, 0.25) is 0 Å². The van der Waals surface area contributed by atoms with Crippen LogP contribution in [0, 0.1) is 0 Å². The van der Waals surface area contributed by atoms with Gasteiger partial charge in [0.15, 0.2) is 5.69 Å². The molecule has 1 N–H and O–H groups in total. The first-order chi connectivity index (χ1) is 13.5. The van der Waals surface area contributed by atoms with Gasteiger partial charge in [-0.3, -0.25) is 14.3 Å². The molecule has 0 saturated heterocycles. The monoisotopic (exact) mass is 397 g/mol. The van der Waals surface area contributed by atoms with Crippen molar-refractivity contribution in [2.24, 2.45) is 7.05 Å². The summed E-state index contributed by atoms with van der Waals surface area (Å²) in [6.07, 6.45) is 3.69. The van der Waals surface area contributed by atoms with E-state index in [-0.39, 0.29) is 5.69 Å². The zero-order valence-corrected chi connectivity index (χ0v) is 16.4. The van der Waals surface area contributed by atoms with Crippen LogP contribution >= 0.6 is 11.3 Å². The summed E-state index contributed by atoms with van der Waals surface area (Å²) in [7, 11) is 3.00. The lowest BCUT2D eigenvalue weighted by Gasteiger charge is -2.12. The van der Waals surface area contributed by atoms with Gasteiger partial charge in [-0.25, -0.2) is 4.79 Å². The van der Waals surface area contributed by atoms with Crippen LogP contribution in [0.1, 0.15) is 44.1 Å². The summed E-state index contributed by atoms with van der Waals surface area (Å²) >= 11 is 1.37. The third-order valence-electron chi connectivity index (χ3n) is 4.97. The predicted molar refractivity (Wildman–Crippen MR) is 107 cm³/mol. The molecule has 0 unspecified atom stereocenters. The van der Waals surface area contributed by atoms with Crippen LogP contribution in [-0.2, 0) is 24.6 Å². The maximum absolute atomic E-state index is 12.9. The number of fused-ring (bicyclic) bond motifs is 2. The van der Waals surface area contributed by atoms with E-state index in [1.807, 2.05) is 6.07 Å². The number of thiophene rings is 1. The molecule has 1 aliphatic rings. The number of nitrogens with one attached hydrogen (secondary N) is 1. The van der Waals surface area contributed by atoms with Gasteiger partial charge in [0.1, 0.15) is 5.00 Å². The van der Waals surface area contributed by atoms with E-state index in [9.17, 15) is 14.4 Å². The van der Waals surface area contributed by atoms with E-state index >= 15 is 0 Å². The lowest BCUT2D eigenvalue weighted by atomic mass is 9.95. The van der Waals surface area contributed by atoms with Crippen molar-refractivity contribution < 1.29 is 14.3 Å². The SMILES string of the molecule is COC(=O)c1c(NC(=O)c2nn(C)c3ccccc3c2=O)sc2c1CCCC2. The van der Waals surface area contributed by atoms with Crippen molar-refractivity contribution in [3.8, 4) is 0 Å². The van der Waals surface area contributed by atoms with Crippen LogP contribution in [0.25, 0.3) is 10.9 Å². The van der Waals surface area contributed by atoms with Crippen molar-refractivity contribution >= 4 is 39.1 Å². The van der Waals surface area contributed by atoms with Crippen molar-refractivity contribution in [3.05, 3.63) is 56.2 Å². The fourth-order valence-electron chi connectivity index (χ4n) is 3.61. The highest BCUT2D eigenvalue weighted by Crippen LogP contribution is 2.38. The maximum atomic E-state index is 12.9. The van der Waals surface area contributed by atoms with Gasteiger partial charge in [-0.1, -0.05) is 12.1 Å². The molecule has 0 fully saturated rings. The predicted octanol–water partition coefficient (Wildman–Crippen LogP) is 2.91. The first-order valence-corrected chi connectivity index (χ1v) is 9.83. The molecule has 3 aromatic rings. The van der Waals surface area contributed by atoms with Crippen molar-refractivity contribution in [1.29, 1.82) is 0 Å². The molecular weight excluding hydrogens is 378 g/mol. The Morgan fingerprint density at radius 1 is 1.21 bits per heavy atom. The minimum Gasteiger partial charge on any atom is -0.465 e. The molecule has 1 amide bonds. The number of nitrogens with zero attached hydrogens (tertiary/aromatic N) is 2. The van der Waals surface area contributed by atoms with Gasteiger partial charge < -0.3 is 10.1 Å². The highest BCUT2D eigenvalue weighted by atomic mass is 32.1. The Kier molecular flexibility index (Phi) is 4.72. The Morgan fingerprint density at radius 3 is 2.75 bits per heavy atom. The Bertz CT molecular complexity index is 1160. The Hall–Kier alpha value is -3.00. The number of hydrogen-bond donors (Lipinski definition) is 1. The molecule has 4 rings (SSSR count). The number of benzene rings is 1. The van der Waals surface area contributed by atoms with E-state index in [0.717, 1.165) is 36.1 Å². The molecule has 0 bridgehead atoms. The molecule has 0 atom stereocenters. The van der Waals surface area contributed by atoms with Crippen LogP contribution in [0.4, 0.5) is 5.00 Å². The fourth-order valence-corrected chi connectivity index (χ4v) is 4.88. The standard InChI is InChI=1S/C20H19N3O4S/c1-23-13-9-5-3-7-11(13)17(24)16(22-23)18(25)21-19-15(20(26)27-2)12-8-4-6-10-14(12)28-19/h3,5,7,9H,4,6,8,10H2,1-2H3,(H,21,25). The minimum atomic E-state index is -0.630. The summed E-state index contributed by atoms with van der Waals surface area (Å²) in [5.41, 5.74) is 1.34. The number of carbonyl (C=O) groups excluding carboxylic acids is 2. The third kappa shape index (κ3) is 2.99. The Morgan fingerprint density at radius 2 is 1.96 bits per heavy atom. The average molecular weight is 397 g/mol. The molecular formula is C20H19N3O4S. The second-order valence-corrected chi connectivity index (χ2v) is 7.78. The topological polar surface area (TPSA) is 90.3 Å². The summed E-state index contributed by atoms with van der Waals surface area (Å²) < 4.78 is 6.43. The number of anilines is 1. The number of aryl methyl sites for hydroxylation is 2. The first kappa shape index (κ1) is 18.4. The van der Waals surface area contributed by atoms with Crippen molar-refractivity contribution in [2.45, 2.75) is 25.7 Å². The molecule has 2 aromatic heterocycles. The number of methoxy groups -OCH3 is 1. The molecule has 8 heteroatoms. The van der Waals surface area contributed by atoms with E-state index in [4.69, 9.17) is 4.74 Å². The van der Waals surface area contributed by atoms with Crippen molar-refractivity contribution in [2.75, 3.05) is 12.4 Å². The van der Waals surface area contributed by atoms with Gasteiger partial charge in [-0.15, -0.1) is 11.3 Å². The van der Waals surface area contributed by atoms with Gasteiger partial charge in [0.2, 0.25) is 5.43 Å². The molecule has 0 radical (unpaired) electrons. The van der Waals surface area contributed by atoms with Crippen LogP contribution in [-0.4, -0.2) is 28.8 Å². The van der Waals surface area contributed by atoms with Crippen LogP contribution in [0.15, 0.2) is 29.1 Å². The molecule has 0 aliphatic heterocycles. The van der Waals surface area contributed by atoms with E-state index in [2.05, 4.69) is 10.4 Å². The molecule has 144 valence electrons. The maximum Gasteiger partial charge on any atom is 0.341 e. The molecule has 0 spiro atoms. The second-order valence-electron chi connectivity index (χ2n) is 6.68. The van der Waals surface area contributed by atoms with E-state index in [1.165, 1.54) is 23.1 Å². The summed E-state index contributed by atoms with van der Waals surface area (Å²) in [5.74, 6) is -1.11. The average Bonchev–Trinajstić information content (AvgIpc) is 3.07. The van der Waals surface area contributed by atoms with Gasteiger partial charge >= 0.3 is 5.97 Å². The molecule has 0 saturated carbocycles. The second kappa shape index (κ2) is 7.20. The van der Waals surface area contributed by atoms with E-state index in [1.54, 1.807) is 25.2 Å². The van der Waals surface area contributed by atoms with Gasteiger partial charge in [-0.05, 0) is 43.4 Å². The lowest BCUT2D eigenvalue weighted by Crippen LogP contribution is -2.26. The van der Waals surface area contributed by atoms with Crippen LogP contribution in [0.5, 0.6) is 0 Å². The van der Waals surface area contributed by atoms with Gasteiger partial charge in [0.25, 0.3) is 5.91 Å². The third-order valence-corrected chi connectivity index (χ3v) is 6.17. The number of ether oxygens (including phenoxy) is 1. The number of carbonyl (C=O) groups is 2. The molecule has 28 heavy (non-hydrogen) atoms. The van der Waals surface area contributed by atoms with Gasteiger partial charge in [-0.2, -0.15) is 5.10 Å². The quantitative estimate of drug-likeness (QED) is 0.687. The normalized spacial score (nSPS) is 13.2. The number of para-hydroxylation sites is 1. The minimum absolute atomic E-state index is 0.205. The molecule has 2 heterocycles. The summed E-state index contributed by atoms with van der Waals surface area (Å²) in [6.45, 7) is 0. The Labute approximate surface area is 164 Å². The van der Waals surface area contributed by atoms with E-state index in [0.29, 0.717) is 21.5 Å². The number of amides is 1. The lowest BCUT2D eigenvalue weighted by molar-refractivity contribution is 0.0601. The fraction of sp³-hybridized carbons (Fsp3) is 0.300.